The summed E-state index contributed by atoms with van der Waals surface area (Å²) >= 11 is 0. The number of hydrogen-bond donors (Lipinski definition) is 2. The van der Waals surface area contributed by atoms with E-state index >= 15 is 0 Å². The number of aliphatic carboxylic acids is 1. The van der Waals surface area contributed by atoms with Crippen molar-refractivity contribution in [2.24, 2.45) is 11.7 Å². The van der Waals surface area contributed by atoms with Gasteiger partial charge in [0.05, 0.1) is 0 Å². The average molecular weight is 240 g/mol. The lowest BCUT2D eigenvalue weighted by Crippen LogP contribution is -2.59. The van der Waals surface area contributed by atoms with Crippen molar-refractivity contribution < 1.29 is 9.90 Å². The Morgan fingerprint density at radius 1 is 1.35 bits per heavy atom. The predicted octanol–water partition coefficient (Wildman–Crippen LogP) is 1.44. The van der Waals surface area contributed by atoms with E-state index < -0.39 is 11.5 Å². The zero-order chi connectivity index (χ0) is 12.5. The highest BCUT2D eigenvalue weighted by Gasteiger charge is 2.49. The third-order valence-electron chi connectivity index (χ3n) is 4.36. The van der Waals surface area contributed by atoms with Gasteiger partial charge in [-0.1, -0.05) is 12.8 Å². The lowest BCUT2D eigenvalue weighted by atomic mass is 9.93. The summed E-state index contributed by atoms with van der Waals surface area (Å²) < 4.78 is 0. The van der Waals surface area contributed by atoms with Crippen molar-refractivity contribution in [3.8, 4) is 0 Å². The Balaban J connectivity index is 2.03. The van der Waals surface area contributed by atoms with E-state index in [9.17, 15) is 9.90 Å². The summed E-state index contributed by atoms with van der Waals surface area (Å²) in [6.45, 7) is 3.72. The van der Waals surface area contributed by atoms with Crippen molar-refractivity contribution in [2.75, 3.05) is 13.1 Å². The van der Waals surface area contributed by atoms with Gasteiger partial charge in [0, 0.05) is 12.6 Å². The van der Waals surface area contributed by atoms with Crippen LogP contribution in [0.2, 0.25) is 0 Å². The molecule has 0 aromatic carbocycles. The number of hydrogen-bond acceptors (Lipinski definition) is 3. The van der Waals surface area contributed by atoms with Gasteiger partial charge in [0.25, 0.3) is 0 Å². The highest BCUT2D eigenvalue weighted by atomic mass is 16.4. The van der Waals surface area contributed by atoms with E-state index in [1.165, 1.54) is 25.7 Å². The summed E-state index contributed by atoms with van der Waals surface area (Å²) in [5, 5.41) is 9.38. The van der Waals surface area contributed by atoms with Crippen LogP contribution in [0.4, 0.5) is 0 Å². The van der Waals surface area contributed by atoms with Gasteiger partial charge in [-0.2, -0.15) is 0 Å². The Hall–Kier alpha value is -0.610. The van der Waals surface area contributed by atoms with Crippen LogP contribution in [0.15, 0.2) is 0 Å². The molecule has 1 aliphatic heterocycles. The summed E-state index contributed by atoms with van der Waals surface area (Å²) in [6, 6.07) is 0.471. The Morgan fingerprint density at radius 3 is 2.65 bits per heavy atom. The van der Waals surface area contributed by atoms with Crippen LogP contribution in [-0.4, -0.2) is 40.6 Å². The molecule has 2 atom stereocenters. The summed E-state index contributed by atoms with van der Waals surface area (Å²) in [5.41, 5.74) is 5.13. The Bertz CT molecular complexity index is 291. The number of nitrogens with zero attached hydrogens (tertiary/aromatic N) is 1. The van der Waals surface area contributed by atoms with Crippen molar-refractivity contribution in [3.63, 3.8) is 0 Å². The van der Waals surface area contributed by atoms with E-state index in [0.29, 0.717) is 12.6 Å². The molecule has 3 N–H and O–H groups in total. The van der Waals surface area contributed by atoms with E-state index in [1.807, 2.05) is 0 Å². The molecule has 0 bridgehead atoms. The van der Waals surface area contributed by atoms with Gasteiger partial charge in [0.2, 0.25) is 0 Å². The number of rotatable bonds is 4. The smallest absolute Gasteiger partial charge is 0.325 e. The summed E-state index contributed by atoms with van der Waals surface area (Å²) in [5.74, 6) is -0.633. The maximum Gasteiger partial charge on any atom is 0.325 e. The van der Waals surface area contributed by atoms with Crippen LogP contribution in [0.1, 0.15) is 45.4 Å². The molecule has 1 saturated carbocycles. The van der Waals surface area contributed by atoms with Gasteiger partial charge in [-0.15, -0.1) is 0 Å². The molecule has 2 aliphatic rings. The molecule has 2 unspecified atom stereocenters. The molecule has 1 saturated heterocycles. The van der Waals surface area contributed by atoms with Crippen LogP contribution in [0, 0.1) is 5.92 Å². The topological polar surface area (TPSA) is 66.6 Å². The normalized spacial score (nSPS) is 30.6. The Kier molecular flexibility index (Phi) is 3.73. The number of carboxylic acids is 1. The van der Waals surface area contributed by atoms with Gasteiger partial charge in [0.1, 0.15) is 5.54 Å². The monoisotopic (exact) mass is 240 g/mol. The van der Waals surface area contributed by atoms with E-state index in [4.69, 9.17) is 5.73 Å². The molecule has 0 radical (unpaired) electrons. The van der Waals surface area contributed by atoms with Gasteiger partial charge >= 0.3 is 5.97 Å². The summed E-state index contributed by atoms with van der Waals surface area (Å²) in [4.78, 5) is 13.7. The van der Waals surface area contributed by atoms with E-state index in [2.05, 4.69) is 11.8 Å². The van der Waals surface area contributed by atoms with Crippen LogP contribution in [-0.2, 0) is 4.79 Å². The molecule has 98 valence electrons. The number of likely N-dealkylation sites (tertiary alicyclic amines) is 1. The van der Waals surface area contributed by atoms with Gasteiger partial charge in [-0.3, -0.25) is 9.69 Å². The zero-order valence-electron chi connectivity index (χ0n) is 10.7. The van der Waals surface area contributed by atoms with Crippen LogP contribution in [0.3, 0.4) is 0 Å². The molecule has 4 nitrogen and oxygen atoms in total. The molecule has 0 aromatic rings. The van der Waals surface area contributed by atoms with Gasteiger partial charge in [-0.25, -0.2) is 0 Å². The Morgan fingerprint density at radius 2 is 2.06 bits per heavy atom. The predicted molar refractivity (Wildman–Crippen MR) is 66.8 cm³/mol. The van der Waals surface area contributed by atoms with Crippen molar-refractivity contribution in [3.05, 3.63) is 0 Å². The standard InChI is InChI=1S/C13H24N2O2/c1-10-5-3-2-4-8-15(10)9-13(14,12(16)17)11-6-7-11/h10-11H,2-9,14H2,1H3,(H,16,17). The SMILES string of the molecule is CC1CCCCCN1CC(N)(C(=O)O)C1CC1. The molecule has 0 spiro atoms. The van der Waals surface area contributed by atoms with Crippen molar-refractivity contribution in [1.82, 2.24) is 4.90 Å². The maximum absolute atomic E-state index is 11.4. The lowest BCUT2D eigenvalue weighted by Gasteiger charge is -2.35. The minimum Gasteiger partial charge on any atom is -0.480 e. The molecule has 1 aliphatic carbocycles. The Labute approximate surface area is 103 Å². The third kappa shape index (κ3) is 2.80. The molecule has 0 aromatic heterocycles. The molecule has 0 amide bonds. The van der Waals surface area contributed by atoms with Crippen LogP contribution in [0.25, 0.3) is 0 Å². The first kappa shape index (κ1) is 12.8. The fourth-order valence-electron chi connectivity index (χ4n) is 2.88. The third-order valence-corrected chi connectivity index (χ3v) is 4.36. The molecule has 1 heterocycles. The quantitative estimate of drug-likeness (QED) is 0.780. The summed E-state index contributed by atoms with van der Waals surface area (Å²) in [7, 11) is 0. The van der Waals surface area contributed by atoms with Gasteiger partial charge < -0.3 is 10.8 Å². The second-order valence-corrected chi connectivity index (χ2v) is 5.79. The van der Waals surface area contributed by atoms with E-state index in [1.54, 1.807) is 0 Å². The first-order valence-corrected chi connectivity index (χ1v) is 6.80. The molecule has 2 rings (SSSR count). The first-order valence-electron chi connectivity index (χ1n) is 6.80. The zero-order valence-corrected chi connectivity index (χ0v) is 10.7. The minimum absolute atomic E-state index is 0.190. The second-order valence-electron chi connectivity index (χ2n) is 5.79. The lowest BCUT2D eigenvalue weighted by molar-refractivity contribution is -0.145. The van der Waals surface area contributed by atoms with Gasteiger partial charge in [0.15, 0.2) is 0 Å². The maximum atomic E-state index is 11.4. The van der Waals surface area contributed by atoms with Crippen molar-refractivity contribution in [1.29, 1.82) is 0 Å². The number of carbonyl (C=O) groups is 1. The molecule has 4 heteroatoms. The fraction of sp³-hybridized carbons (Fsp3) is 0.923. The molecular formula is C13H24N2O2. The second kappa shape index (κ2) is 4.94. The highest BCUT2D eigenvalue weighted by Crippen LogP contribution is 2.39. The minimum atomic E-state index is -1.02. The van der Waals surface area contributed by atoms with Crippen LogP contribution in [0.5, 0.6) is 0 Å². The van der Waals surface area contributed by atoms with Crippen molar-refractivity contribution in [2.45, 2.75) is 57.0 Å². The van der Waals surface area contributed by atoms with Gasteiger partial charge in [-0.05, 0) is 45.1 Å². The first-order chi connectivity index (χ1) is 8.04. The highest BCUT2D eigenvalue weighted by molar-refractivity contribution is 5.79. The summed E-state index contributed by atoms with van der Waals surface area (Å²) in [6.07, 6.45) is 6.81. The van der Waals surface area contributed by atoms with Crippen molar-refractivity contribution >= 4 is 5.97 Å². The molecular weight excluding hydrogens is 216 g/mol. The number of nitrogens with two attached hydrogens (primary N) is 1. The largest absolute Gasteiger partial charge is 0.480 e. The number of carboxylic acid groups (broad SMARTS) is 1. The molecule has 2 fully saturated rings. The van der Waals surface area contributed by atoms with Crippen LogP contribution >= 0.6 is 0 Å². The average Bonchev–Trinajstić information content (AvgIpc) is 3.08. The van der Waals surface area contributed by atoms with E-state index in [0.717, 1.165) is 19.4 Å². The fourth-order valence-corrected chi connectivity index (χ4v) is 2.88. The van der Waals surface area contributed by atoms with E-state index in [-0.39, 0.29) is 5.92 Å². The molecule has 17 heavy (non-hydrogen) atoms. The van der Waals surface area contributed by atoms with Crippen LogP contribution < -0.4 is 5.73 Å².